The van der Waals surface area contributed by atoms with Crippen LogP contribution in [0.3, 0.4) is 0 Å². The number of benzene rings is 1. The van der Waals surface area contributed by atoms with Gasteiger partial charge >= 0.3 is 5.97 Å². The molecule has 1 N–H and O–H groups in total. The Balaban J connectivity index is 1.25. The van der Waals surface area contributed by atoms with E-state index in [1.165, 1.54) is 4.90 Å². The highest BCUT2D eigenvalue weighted by atomic mass is 79.9. The number of rotatable bonds is 11. The van der Waals surface area contributed by atoms with E-state index < -0.39 is 61.5 Å². The maximum absolute atomic E-state index is 14.9. The molecule has 2 amide bonds. The Morgan fingerprint density at radius 2 is 1.90 bits per heavy atom. The standard InChI is InChI=1S/C45H60BrN3O9S/c1-7-29-24-45(29,42(53)48-59(54,55)44(6)16-17-44)25-36(50)35-22-30-26-49(35)41(52)33(43(3,4)5)23-38(51)58-37-21-28(37)12-9-8-10-13-32-39(56-19-11-18-46)31-15-14-27(2)20-34(31)47-40(32)57-30/h7,14-15,20,28-30,33,35,37H,1,8-13,16-19,21-26H2,2-6H3,(H,48,53)/t28-,29-,30-,33-,35+,37-,45-/m1/s1. The Morgan fingerprint density at radius 1 is 1.14 bits per heavy atom. The van der Waals surface area contributed by atoms with E-state index in [1.807, 2.05) is 45.9 Å². The van der Waals surface area contributed by atoms with Crippen molar-refractivity contribution >= 4 is 60.4 Å². The van der Waals surface area contributed by atoms with Crippen molar-refractivity contribution in [1.29, 1.82) is 0 Å². The van der Waals surface area contributed by atoms with E-state index in [1.54, 1.807) is 13.0 Å². The molecule has 1 aromatic carbocycles. The number of aryl methyl sites for hydroxylation is 1. The van der Waals surface area contributed by atoms with Crippen molar-refractivity contribution in [3.05, 3.63) is 42.0 Å². The molecule has 3 heterocycles. The van der Waals surface area contributed by atoms with Gasteiger partial charge in [-0.05, 0) is 100 Å². The molecule has 3 saturated carbocycles. The lowest BCUT2D eigenvalue weighted by Crippen LogP contribution is -2.49. The Bertz CT molecular complexity index is 2110. The molecule has 4 fully saturated rings. The average molecular weight is 899 g/mol. The van der Waals surface area contributed by atoms with Gasteiger partial charge in [0.2, 0.25) is 27.7 Å². The highest BCUT2D eigenvalue weighted by Gasteiger charge is 2.62. The normalized spacial score (nSPS) is 29.5. The number of carbonyl (C=O) groups excluding carboxylic acids is 4. The summed E-state index contributed by atoms with van der Waals surface area (Å²) in [6.45, 7) is 13.7. The van der Waals surface area contributed by atoms with Crippen LogP contribution in [0.15, 0.2) is 30.9 Å². The van der Waals surface area contributed by atoms with Crippen LogP contribution in [0.25, 0.3) is 10.9 Å². The number of fused-ring (bicyclic) bond motifs is 5. The van der Waals surface area contributed by atoms with Gasteiger partial charge in [-0.15, -0.1) is 6.58 Å². The highest BCUT2D eigenvalue weighted by molar-refractivity contribution is 9.09. The summed E-state index contributed by atoms with van der Waals surface area (Å²) in [5.74, 6) is -1.67. The lowest BCUT2D eigenvalue weighted by atomic mass is 9.77. The summed E-state index contributed by atoms with van der Waals surface area (Å²) >= 11 is 3.52. The van der Waals surface area contributed by atoms with Crippen molar-refractivity contribution in [2.45, 2.75) is 141 Å². The number of alkyl halides is 1. The third kappa shape index (κ3) is 9.23. The smallest absolute Gasteiger partial charge is 0.306 e. The first-order valence-electron chi connectivity index (χ1n) is 21.4. The molecule has 1 saturated heterocycles. The zero-order valence-electron chi connectivity index (χ0n) is 35.1. The number of halogens is 1. The number of aromatic nitrogens is 1. The molecule has 1 aromatic heterocycles. The second-order valence-corrected chi connectivity index (χ2v) is 22.1. The van der Waals surface area contributed by atoms with E-state index in [4.69, 9.17) is 19.2 Å². The number of Topliss-reactive ketones (excluding diaryl/α,β-unsaturated/α-hetero) is 1. The lowest BCUT2D eigenvalue weighted by Gasteiger charge is -2.34. The van der Waals surface area contributed by atoms with Crippen LogP contribution in [0.5, 0.6) is 11.6 Å². The molecular formula is C45H60BrN3O9S. The van der Waals surface area contributed by atoms with Crippen LogP contribution in [0.1, 0.15) is 116 Å². The topological polar surface area (TPSA) is 158 Å². The molecule has 322 valence electrons. The van der Waals surface area contributed by atoms with E-state index in [-0.39, 0.29) is 50.0 Å². The van der Waals surface area contributed by atoms with E-state index in [9.17, 15) is 27.6 Å². The number of ether oxygens (including phenoxy) is 3. The number of amides is 2. The Morgan fingerprint density at radius 3 is 2.58 bits per heavy atom. The van der Waals surface area contributed by atoms with Gasteiger partial charge in [-0.2, -0.15) is 0 Å². The maximum Gasteiger partial charge on any atom is 0.306 e. The zero-order chi connectivity index (χ0) is 42.5. The third-order valence-corrected chi connectivity index (χ3v) is 16.1. The number of sulfonamides is 1. The van der Waals surface area contributed by atoms with Crippen LogP contribution in [0, 0.1) is 35.5 Å². The van der Waals surface area contributed by atoms with Crippen LogP contribution in [0.4, 0.5) is 0 Å². The van der Waals surface area contributed by atoms with Gasteiger partial charge in [0.25, 0.3) is 0 Å². The van der Waals surface area contributed by atoms with Crippen LogP contribution in [-0.2, 0) is 40.4 Å². The summed E-state index contributed by atoms with van der Waals surface area (Å²) in [5.41, 5.74) is 0.620. The SMILES string of the molecule is C=C[C@@H]1C[C@]1(CC(=O)[C@@H]1C[C@@H]2CN1C(=O)[C@H](C(C)(C)C)CC(=O)O[C@@H]1C[C@H]1CCCCCc1c(nc3cc(C)ccc3c1OCCCBr)O2)C(=O)NS(=O)(=O)C1(C)CC1. The van der Waals surface area contributed by atoms with E-state index in [0.29, 0.717) is 37.7 Å². The van der Waals surface area contributed by atoms with Crippen molar-refractivity contribution in [3.8, 4) is 11.6 Å². The fourth-order valence-corrected chi connectivity index (χ4v) is 10.5. The average Bonchev–Trinajstić information content (AvgIpc) is 4.13. The fraction of sp³-hybridized carbons (Fsp3) is 0.667. The summed E-state index contributed by atoms with van der Waals surface area (Å²) in [7, 11) is -3.96. The minimum atomic E-state index is -3.96. The van der Waals surface area contributed by atoms with Gasteiger partial charge in [0.15, 0.2) is 5.78 Å². The van der Waals surface area contributed by atoms with Gasteiger partial charge in [-0.3, -0.25) is 23.9 Å². The first kappa shape index (κ1) is 43.6. The number of carbonyl (C=O) groups is 4. The first-order chi connectivity index (χ1) is 27.9. The number of hydrogen-bond donors (Lipinski definition) is 1. The number of ketones is 1. The molecule has 5 aliphatic rings. The van der Waals surface area contributed by atoms with E-state index >= 15 is 0 Å². The molecule has 2 aliphatic heterocycles. The molecule has 12 nitrogen and oxygen atoms in total. The summed E-state index contributed by atoms with van der Waals surface area (Å²) < 4.78 is 46.9. The summed E-state index contributed by atoms with van der Waals surface area (Å²) in [5, 5.41) is 1.68. The third-order valence-electron chi connectivity index (χ3n) is 13.4. The van der Waals surface area contributed by atoms with Crippen molar-refractivity contribution < 1.29 is 41.8 Å². The quantitative estimate of drug-likeness (QED) is 0.105. The number of nitrogens with zero attached hydrogens (tertiary/aromatic N) is 2. The number of esters is 1. The summed E-state index contributed by atoms with van der Waals surface area (Å²) in [4.78, 5) is 63.5. The largest absolute Gasteiger partial charge is 0.492 e. The highest BCUT2D eigenvalue weighted by Crippen LogP contribution is 2.57. The second kappa shape index (κ2) is 16.7. The van der Waals surface area contributed by atoms with Gasteiger partial charge in [-0.25, -0.2) is 13.4 Å². The Hall–Kier alpha value is -3.52. The Labute approximate surface area is 357 Å². The van der Waals surface area contributed by atoms with Crippen LogP contribution in [0.2, 0.25) is 0 Å². The van der Waals surface area contributed by atoms with E-state index in [2.05, 4.69) is 27.2 Å². The molecule has 7 rings (SSSR count). The molecule has 2 aromatic rings. The molecule has 0 spiro atoms. The van der Waals surface area contributed by atoms with Gasteiger partial charge in [-0.1, -0.05) is 61.7 Å². The minimum absolute atomic E-state index is 0.0468. The maximum atomic E-state index is 14.9. The number of hydrogen-bond acceptors (Lipinski definition) is 10. The molecule has 14 heteroatoms. The number of pyridine rings is 1. The molecule has 59 heavy (non-hydrogen) atoms. The van der Waals surface area contributed by atoms with E-state index in [0.717, 1.165) is 71.6 Å². The molecule has 3 aliphatic carbocycles. The van der Waals surface area contributed by atoms with Crippen LogP contribution < -0.4 is 14.2 Å². The monoisotopic (exact) mass is 897 g/mol. The lowest BCUT2D eigenvalue weighted by molar-refractivity contribution is -0.154. The van der Waals surface area contributed by atoms with Crippen molar-refractivity contribution in [2.24, 2.45) is 28.6 Å². The summed E-state index contributed by atoms with van der Waals surface area (Å²) in [6, 6.07) is 5.08. The first-order valence-corrected chi connectivity index (χ1v) is 24.0. The fourth-order valence-electron chi connectivity index (χ4n) is 8.97. The van der Waals surface area contributed by atoms with Gasteiger partial charge in [0, 0.05) is 23.6 Å². The zero-order valence-corrected chi connectivity index (χ0v) is 37.6. The molecule has 0 unspecified atom stereocenters. The van der Waals surface area contributed by atoms with Crippen molar-refractivity contribution in [2.75, 3.05) is 18.5 Å². The van der Waals surface area contributed by atoms with Crippen LogP contribution >= 0.6 is 15.9 Å². The molecule has 0 radical (unpaired) electrons. The van der Waals surface area contributed by atoms with Gasteiger partial charge in [0.1, 0.15) is 18.0 Å². The molecular weight excluding hydrogens is 838 g/mol. The predicted octanol–water partition coefficient (Wildman–Crippen LogP) is 7.31. The molecule has 2 bridgehead atoms. The minimum Gasteiger partial charge on any atom is -0.492 e. The second-order valence-electron chi connectivity index (χ2n) is 19.1. The molecule has 7 atom stereocenters. The van der Waals surface area contributed by atoms with Crippen LogP contribution in [-0.4, -0.2) is 83.3 Å². The summed E-state index contributed by atoms with van der Waals surface area (Å²) in [6.07, 6.45) is 7.65. The van der Waals surface area contributed by atoms with Crippen molar-refractivity contribution in [3.63, 3.8) is 0 Å². The predicted molar refractivity (Wildman–Crippen MR) is 228 cm³/mol. The van der Waals surface area contributed by atoms with Gasteiger partial charge < -0.3 is 19.1 Å². The number of nitrogens with one attached hydrogen (secondary N) is 1. The van der Waals surface area contributed by atoms with Crippen molar-refractivity contribution in [1.82, 2.24) is 14.6 Å². The van der Waals surface area contributed by atoms with Gasteiger partial charge in [0.05, 0.1) is 52.8 Å². The Kier molecular flexibility index (Phi) is 12.4. The number of allylic oxidation sites excluding steroid dienone is 1.